The van der Waals surface area contributed by atoms with Crippen LogP contribution in [0.2, 0.25) is 4.34 Å². The predicted octanol–water partition coefficient (Wildman–Crippen LogP) is 3.05. The molecule has 146 valence electrons. The minimum atomic E-state index is -0.635. The summed E-state index contributed by atoms with van der Waals surface area (Å²) in [6.45, 7) is 5.05. The van der Waals surface area contributed by atoms with Gasteiger partial charge in [-0.25, -0.2) is 4.98 Å². The number of hydrogen-bond donors (Lipinski definition) is 3. The van der Waals surface area contributed by atoms with Crippen LogP contribution in [-0.2, 0) is 0 Å². The van der Waals surface area contributed by atoms with Gasteiger partial charge in [-0.2, -0.15) is 0 Å². The van der Waals surface area contributed by atoms with E-state index in [1.807, 2.05) is 31.3 Å². The van der Waals surface area contributed by atoms with Gasteiger partial charge in [-0.3, -0.25) is 4.99 Å². The number of aliphatic hydroxyl groups excluding tert-OH is 1. The Morgan fingerprint density at radius 1 is 1.37 bits per heavy atom. The Hall–Kier alpha value is -1.83. The van der Waals surface area contributed by atoms with Crippen molar-refractivity contribution in [2.24, 2.45) is 4.99 Å². The summed E-state index contributed by atoms with van der Waals surface area (Å²) in [7, 11) is 0. The molecule has 0 amide bonds. The van der Waals surface area contributed by atoms with E-state index in [-0.39, 0.29) is 0 Å². The van der Waals surface area contributed by atoms with Gasteiger partial charge in [0.1, 0.15) is 11.9 Å². The number of aliphatic hydroxyl groups is 1. The molecule has 1 unspecified atom stereocenters. The van der Waals surface area contributed by atoms with Gasteiger partial charge in [0.25, 0.3) is 0 Å². The zero-order chi connectivity index (χ0) is 19.1. The highest BCUT2D eigenvalue weighted by atomic mass is 35.5. The molecule has 0 aliphatic carbocycles. The first-order chi connectivity index (χ1) is 13.2. The van der Waals surface area contributed by atoms with Gasteiger partial charge in [0.15, 0.2) is 5.96 Å². The average molecular weight is 408 g/mol. The fourth-order valence-corrected chi connectivity index (χ4v) is 4.12. The van der Waals surface area contributed by atoms with Crippen molar-refractivity contribution >= 4 is 34.7 Å². The molecule has 2 aromatic rings. The van der Waals surface area contributed by atoms with E-state index in [9.17, 15) is 5.11 Å². The molecule has 1 saturated heterocycles. The number of aliphatic imine (C=N–C) groups is 1. The van der Waals surface area contributed by atoms with E-state index >= 15 is 0 Å². The largest absolute Gasteiger partial charge is 0.386 e. The number of nitrogens with one attached hydrogen (secondary N) is 2. The Morgan fingerprint density at radius 3 is 2.81 bits per heavy atom. The van der Waals surface area contributed by atoms with Crippen molar-refractivity contribution in [2.75, 3.05) is 31.1 Å². The molecule has 1 aliphatic heterocycles. The van der Waals surface area contributed by atoms with E-state index in [2.05, 4.69) is 31.6 Å². The molecule has 1 atom stereocenters. The molecule has 3 heterocycles. The molecule has 3 N–H and O–H groups in total. The first-order valence-electron chi connectivity index (χ1n) is 9.30. The topological polar surface area (TPSA) is 72.8 Å². The van der Waals surface area contributed by atoms with Crippen molar-refractivity contribution in [3.05, 3.63) is 45.7 Å². The Labute approximate surface area is 169 Å². The first kappa shape index (κ1) is 19.9. The predicted molar refractivity (Wildman–Crippen MR) is 113 cm³/mol. The van der Waals surface area contributed by atoms with Gasteiger partial charge in [-0.1, -0.05) is 17.7 Å². The number of nitrogens with zero attached hydrogens (tertiary/aromatic N) is 3. The number of anilines is 1. The summed E-state index contributed by atoms with van der Waals surface area (Å²) >= 11 is 7.33. The van der Waals surface area contributed by atoms with Gasteiger partial charge >= 0.3 is 0 Å². The monoisotopic (exact) mass is 407 g/mol. The number of piperidine rings is 1. The van der Waals surface area contributed by atoms with Crippen LogP contribution in [0.3, 0.4) is 0 Å². The number of thiophene rings is 1. The molecule has 6 nitrogen and oxygen atoms in total. The number of pyridine rings is 1. The van der Waals surface area contributed by atoms with E-state index in [0.29, 0.717) is 16.9 Å². The van der Waals surface area contributed by atoms with Crippen LogP contribution in [0.4, 0.5) is 5.82 Å². The zero-order valence-corrected chi connectivity index (χ0v) is 17.0. The van der Waals surface area contributed by atoms with Crippen LogP contribution in [0.15, 0.2) is 41.5 Å². The van der Waals surface area contributed by atoms with Gasteiger partial charge in [0.2, 0.25) is 0 Å². The Bertz CT molecular complexity index is 731. The lowest BCUT2D eigenvalue weighted by Gasteiger charge is -2.33. The van der Waals surface area contributed by atoms with Gasteiger partial charge in [0, 0.05) is 36.8 Å². The fourth-order valence-electron chi connectivity index (χ4n) is 3.08. The van der Waals surface area contributed by atoms with Crippen LogP contribution < -0.4 is 15.5 Å². The standard InChI is InChI=1S/C19H26ClN5OS/c1-2-21-19(23-13-15(26)16-6-7-17(20)27-16)24-14-8-11-25(12-9-14)18-5-3-4-10-22-18/h3-7,10,14-15,26H,2,8-9,11-13H2,1H3,(H2,21,23,24). The zero-order valence-electron chi connectivity index (χ0n) is 15.4. The molecular formula is C19H26ClN5OS. The van der Waals surface area contributed by atoms with Crippen LogP contribution in [0.1, 0.15) is 30.7 Å². The quantitative estimate of drug-likeness (QED) is 0.507. The molecule has 3 rings (SSSR count). The van der Waals surface area contributed by atoms with Crippen LogP contribution in [0, 0.1) is 0 Å². The highest BCUT2D eigenvalue weighted by Crippen LogP contribution is 2.27. The maximum absolute atomic E-state index is 10.3. The smallest absolute Gasteiger partial charge is 0.191 e. The van der Waals surface area contributed by atoms with Gasteiger partial charge in [0.05, 0.1) is 10.9 Å². The molecule has 2 aromatic heterocycles. The Balaban J connectivity index is 1.52. The summed E-state index contributed by atoms with van der Waals surface area (Å²) in [5, 5.41) is 17.1. The van der Waals surface area contributed by atoms with Gasteiger partial charge in [-0.15, -0.1) is 11.3 Å². The minimum Gasteiger partial charge on any atom is -0.386 e. The van der Waals surface area contributed by atoms with Crippen molar-refractivity contribution in [1.29, 1.82) is 0 Å². The molecule has 1 fully saturated rings. The third-order valence-electron chi connectivity index (χ3n) is 4.50. The second-order valence-electron chi connectivity index (χ2n) is 6.47. The number of rotatable bonds is 6. The van der Waals surface area contributed by atoms with Crippen LogP contribution >= 0.6 is 22.9 Å². The van der Waals surface area contributed by atoms with E-state index in [1.165, 1.54) is 11.3 Å². The second-order valence-corrected chi connectivity index (χ2v) is 8.22. The average Bonchev–Trinajstić information content (AvgIpc) is 3.14. The highest BCUT2D eigenvalue weighted by Gasteiger charge is 2.21. The maximum Gasteiger partial charge on any atom is 0.191 e. The summed E-state index contributed by atoms with van der Waals surface area (Å²) in [5.41, 5.74) is 0. The summed E-state index contributed by atoms with van der Waals surface area (Å²) in [6, 6.07) is 10.0. The molecule has 1 aliphatic rings. The summed E-state index contributed by atoms with van der Waals surface area (Å²) < 4.78 is 0.678. The lowest BCUT2D eigenvalue weighted by Crippen LogP contribution is -2.49. The third-order valence-corrected chi connectivity index (χ3v) is 5.83. The second kappa shape index (κ2) is 9.92. The highest BCUT2D eigenvalue weighted by molar-refractivity contribution is 7.16. The summed E-state index contributed by atoms with van der Waals surface area (Å²) in [4.78, 5) is 12.1. The van der Waals surface area contributed by atoms with Gasteiger partial charge in [-0.05, 0) is 44.0 Å². The number of aromatic nitrogens is 1. The van der Waals surface area contributed by atoms with Crippen molar-refractivity contribution in [1.82, 2.24) is 15.6 Å². The number of guanidine groups is 1. The minimum absolute atomic E-state index is 0.305. The van der Waals surface area contributed by atoms with Crippen LogP contribution in [0.5, 0.6) is 0 Å². The Morgan fingerprint density at radius 2 is 2.19 bits per heavy atom. The third kappa shape index (κ3) is 5.82. The molecule has 0 aromatic carbocycles. The van der Waals surface area contributed by atoms with Crippen molar-refractivity contribution in [3.63, 3.8) is 0 Å². The number of hydrogen-bond acceptors (Lipinski definition) is 5. The van der Waals surface area contributed by atoms with Crippen molar-refractivity contribution < 1.29 is 5.11 Å². The molecule has 0 bridgehead atoms. The number of halogens is 1. The van der Waals surface area contributed by atoms with Gasteiger partial charge < -0.3 is 20.6 Å². The Kier molecular flexibility index (Phi) is 7.32. The fraction of sp³-hybridized carbons (Fsp3) is 0.474. The maximum atomic E-state index is 10.3. The normalized spacial score (nSPS) is 17.0. The van der Waals surface area contributed by atoms with E-state index in [1.54, 1.807) is 6.07 Å². The SMILES string of the molecule is CCNC(=NCC(O)c1ccc(Cl)s1)NC1CCN(c2ccccn2)CC1. The molecule has 0 saturated carbocycles. The summed E-state index contributed by atoms with van der Waals surface area (Å²) in [6.07, 6.45) is 3.24. The molecule has 0 spiro atoms. The molecule has 0 radical (unpaired) electrons. The summed E-state index contributed by atoms with van der Waals surface area (Å²) in [5.74, 6) is 1.78. The van der Waals surface area contributed by atoms with Crippen LogP contribution in [-0.4, -0.2) is 48.3 Å². The van der Waals surface area contributed by atoms with E-state index < -0.39 is 6.10 Å². The first-order valence-corrected chi connectivity index (χ1v) is 10.5. The van der Waals surface area contributed by atoms with Crippen LogP contribution in [0.25, 0.3) is 0 Å². The molecule has 27 heavy (non-hydrogen) atoms. The van der Waals surface area contributed by atoms with Crippen molar-refractivity contribution in [3.8, 4) is 0 Å². The molecular weight excluding hydrogens is 382 g/mol. The van der Waals surface area contributed by atoms with E-state index in [0.717, 1.165) is 49.1 Å². The lowest BCUT2D eigenvalue weighted by molar-refractivity contribution is 0.191. The molecule has 8 heteroatoms. The van der Waals surface area contributed by atoms with E-state index in [4.69, 9.17) is 11.6 Å². The lowest BCUT2D eigenvalue weighted by atomic mass is 10.1. The van der Waals surface area contributed by atoms with Crippen molar-refractivity contribution in [2.45, 2.75) is 31.9 Å².